The van der Waals surface area contributed by atoms with Crippen molar-refractivity contribution in [3.63, 3.8) is 0 Å². The number of aromatic nitrogens is 1. The van der Waals surface area contributed by atoms with Crippen molar-refractivity contribution < 1.29 is 18.3 Å². The normalized spacial score (nSPS) is 25.0. The second kappa shape index (κ2) is 7.15. The number of alkyl halides is 2. The van der Waals surface area contributed by atoms with E-state index in [1.165, 1.54) is 0 Å². The predicted octanol–water partition coefficient (Wildman–Crippen LogP) is 4.06. The maximum atomic E-state index is 13.1. The average Bonchev–Trinajstić information content (AvgIpc) is 3.29. The third-order valence-electron chi connectivity index (χ3n) is 6.34. The fourth-order valence-corrected chi connectivity index (χ4v) is 4.61. The predicted molar refractivity (Wildman–Crippen MR) is 107 cm³/mol. The lowest BCUT2D eigenvalue weighted by atomic mass is 9.87. The summed E-state index contributed by atoms with van der Waals surface area (Å²) in [5.74, 6) is -4.14. The van der Waals surface area contributed by atoms with Crippen LogP contribution in [-0.2, 0) is 9.53 Å². The SMILES string of the molecule is O=C(Nc1cc2cc(C3CCN(C4COC4)CC3)c(Cl)cc2cn1)[C@@H]1CC1(F)F. The van der Waals surface area contributed by atoms with Crippen LogP contribution in [0.4, 0.5) is 14.6 Å². The summed E-state index contributed by atoms with van der Waals surface area (Å²) in [6, 6.07) is 6.23. The zero-order chi connectivity index (χ0) is 20.2. The number of nitrogens with one attached hydrogen (secondary N) is 1. The second-order valence-electron chi connectivity index (χ2n) is 8.30. The number of carbonyl (C=O) groups excluding carboxylic acids is 1. The molecule has 2 aliphatic heterocycles. The number of hydrogen-bond donors (Lipinski definition) is 1. The molecule has 3 aliphatic rings. The Balaban J connectivity index is 1.33. The van der Waals surface area contributed by atoms with Gasteiger partial charge in [0.2, 0.25) is 5.91 Å². The lowest BCUT2D eigenvalue weighted by molar-refractivity contribution is -0.119. The topological polar surface area (TPSA) is 54.5 Å². The molecule has 1 N–H and O–H groups in total. The van der Waals surface area contributed by atoms with Gasteiger partial charge >= 0.3 is 0 Å². The van der Waals surface area contributed by atoms with E-state index in [2.05, 4.69) is 15.2 Å². The molecule has 0 spiro atoms. The number of pyridine rings is 1. The number of carbonyl (C=O) groups is 1. The summed E-state index contributed by atoms with van der Waals surface area (Å²) in [6.07, 6.45) is 3.29. The van der Waals surface area contributed by atoms with Gasteiger partial charge in [0.25, 0.3) is 5.92 Å². The van der Waals surface area contributed by atoms with Crippen molar-refractivity contribution in [1.82, 2.24) is 9.88 Å². The number of amides is 1. The van der Waals surface area contributed by atoms with Gasteiger partial charge < -0.3 is 10.1 Å². The third-order valence-corrected chi connectivity index (χ3v) is 6.66. The fraction of sp³-hybridized carbons (Fsp3) is 0.524. The second-order valence-corrected chi connectivity index (χ2v) is 8.71. The molecular formula is C21H22ClF2N3O2. The zero-order valence-corrected chi connectivity index (χ0v) is 16.6. The van der Waals surface area contributed by atoms with Gasteiger partial charge in [-0.3, -0.25) is 9.69 Å². The van der Waals surface area contributed by atoms with Crippen LogP contribution >= 0.6 is 11.6 Å². The van der Waals surface area contributed by atoms with Crippen LogP contribution in [0.15, 0.2) is 24.4 Å². The van der Waals surface area contributed by atoms with Crippen molar-refractivity contribution in [3.8, 4) is 0 Å². The Bertz CT molecular complexity index is 958. The highest BCUT2D eigenvalue weighted by Crippen LogP contribution is 2.49. The summed E-state index contributed by atoms with van der Waals surface area (Å²) < 4.78 is 31.5. The van der Waals surface area contributed by atoms with E-state index in [0.29, 0.717) is 17.8 Å². The summed E-state index contributed by atoms with van der Waals surface area (Å²) in [4.78, 5) is 18.6. The minimum Gasteiger partial charge on any atom is -0.378 e. The molecule has 29 heavy (non-hydrogen) atoms. The Hall–Kier alpha value is -1.83. The largest absolute Gasteiger partial charge is 0.378 e. The number of anilines is 1. The van der Waals surface area contributed by atoms with Crippen molar-refractivity contribution in [2.24, 2.45) is 5.92 Å². The number of halogens is 3. The molecule has 2 aromatic rings. The van der Waals surface area contributed by atoms with Crippen LogP contribution in [0.5, 0.6) is 0 Å². The van der Waals surface area contributed by atoms with E-state index >= 15 is 0 Å². The smallest absolute Gasteiger partial charge is 0.260 e. The van der Waals surface area contributed by atoms with Crippen molar-refractivity contribution in [2.45, 2.75) is 37.1 Å². The van der Waals surface area contributed by atoms with Gasteiger partial charge in [0.1, 0.15) is 11.7 Å². The summed E-state index contributed by atoms with van der Waals surface area (Å²) >= 11 is 6.56. The molecule has 1 aromatic carbocycles. The molecule has 1 aromatic heterocycles. The van der Waals surface area contributed by atoms with Crippen molar-refractivity contribution in [3.05, 3.63) is 35.0 Å². The Morgan fingerprint density at radius 2 is 1.93 bits per heavy atom. The van der Waals surface area contributed by atoms with Crippen LogP contribution in [0.25, 0.3) is 10.8 Å². The molecule has 1 aliphatic carbocycles. The number of rotatable bonds is 4. The standard InChI is InChI=1S/C21H22ClF2N3O2/c22-18-6-14-9-25-19(26-20(28)17-8-21(17,23)24)7-13(14)5-16(18)12-1-3-27(4-2-12)15-10-29-11-15/h5-7,9,12,15,17H,1-4,8,10-11H2,(H,25,26,28)/t17-/m0/s1. The minimum absolute atomic E-state index is 0.290. The van der Waals surface area contributed by atoms with Crippen molar-refractivity contribution >= 4 is 34.1 Å². The molecule has 0 radical (unpaired) electrons. The number of ether oxygens (including phenoxy) is 1. The summed E-state index contributed by atoms with van der Waals surface area (Å²) in [5.41, 5.74) is 1.10. The van der Waals surface area contributed by atoms with E-state index in [-0.39, 0.29) is 0 Å². The lowest BCUT2D eigenvalue weighted by Crippen LogP contribution is -2.51. The number of likely N-dealkylation sites (tertiary alicyclic amines) is 1. The Kier molecular flexibility index (Phi) is 4.72. The van der Waals surface area contributed by atoms with Crippen LogP contribution in [0.1, 0.15) is 30.7 Å². The first kappa shape index (κ1) is 19.2. The van der Waals surface area contributed by atoms with Crippen LogP contribution in [-0.4, -0.2) is 54.1 Å². The van der Waals surface area contributed by atoms with Crippen LogP contribution < -0.4 is 5.32 Å². The molecule has 2 saturated heterocycles. The number of fused-ring (bicyclic) bond motifs is 1. The highest BCUT2D eigenvalue weighted by Gasteiger charge is 2.61. The minimum atomic E-state index is -2.89. The van der Waals surface area contributed by atoms with E-state index in [4.69, 9.17) is 16.3 Å². The molecule has 1 amide bonds. The van der Waals surface area contributed by atoms with Gasteiger partial charge in [-0.15, -0.1) is 0 Å². The summed E-state index contributed by atoms with van der Waals surface area (Å²) in [6.45, 7) is 3.71. The zero-order valence-electron chi connectivity index (χ0n) is 15.8. The highest BCUT2D eigenvalue weighted by molar-refractivity contribution is 6.32. The van der Waals surface area contributed by atoms with Crippen LogP contribution in [0.3, 0.4) is 0 Å². The molecule has 1 saturated carbocycles. The Morgan fingerprint density at radius 1 is 1.21 bits per heavy atom. The first-order valence-electron chi connectivity index (χ1n) is 10.0. The number of hydrogen-bond acceptors (Lipinski definition) is 4. The van der Waals surface area contributed by atoms with Crippen molar-refractivity contribution in [1.29, 1.82) is 0 Å². The van der Waals surface area contributed by atoms with E-state index in [1.807, 2.05) is 12.1 Å². The van der Waals surface area contributed by atoms with Gasteiger partial charge in [-0.2, -0.15) is 0 Å². The van der Waals surface area contributed by atoms with Gasteiger partial charge in [0.15, 0.2) is 0 Å². The summed E-state index contributed by atoms with van der Waals surface area (Å²) in [5, 5.41) is 4.99. The van der Waals surface area contributed by atoms with E-state index in [0.717, 1.165) is 60.5 Å². The molecule has 5 nitrogen and oxygen atoms in total. The molecule has 8 heteroatoms. The lowest BCUT2D eigenvalue weighted by Gasteiger charge is -2.41. The van der Waals surface area contributed by atoms with Crippen LogP contribution in [0.2, 0.25) is 5.02 Å². The molecule has 5 rings (SSSR count). The third kappa shape index (κ3) is 3.71. The van der Waals surface area contributed by atoms with Crippen LogP contribution in [0, 0.1) is 5.92 Å². The first-order valence-corrected chi connectivity index (χ1v) is 10.4. The Morgan fingerprint density at radius 3 is 2.55 bits per heavy atom. The van der Waals surface area contributed by atoms with Crippen molar-refractivity contribution in [2.75, 3.05) is 31.6 Å². The number of nitrogens with zero attached hydrogens (tertiary/aromatic N) is 2. The maximum Gasteiger partial charge on any atom is 0.260 e. The van der Waals surface area contributed by atoms with Gasteiger partial charge in [-0.05, 0) is 61.0 Å². The molecule has 1 atom stereocenters. The quantitative estimate of drug-likeness (QED) is 0.808. The summed E-state index contributed by atoms with van der Waals surface area (Å²) in [7, 11) is 0. The molecule has 0 unspecified atom stereocenters. The van der Waals surface area contributed by atoms with E-state index < -0.39 is 24.2 Å². The highest BCUT2D eigenvalue weighted by atomic mass is 35.5. The van der Waals surface area contributed by atoms with E-state index in [9.17, 15) is 13.6 Å². The molecule has 3 heterocycles. The molecule has 0 bridgehead atoms. The number of benzene rings is 1. The van der Waals surface area contributed by atoms with Gasteiger partial charge in [0.05, 0.1) is 19.3 Å². The monoisotopic (exact) mass is 421 g/mol. The average molecular weight is 422 g/mol. The number of piperidine rings is 1. The molecule has 154 valence electrons. The van der Waals surface area contributed by atoms with E-state index in [1.54, 1.807) is 12.3 Å². The fourth-order valence-electron chi connectivity index (χ4n) is 4.29. The molecule has 3 fully saturated rings. The van der Waals surface area contributed by atoms with Gasteiger partial charge in [0, 0.05) is 23.0 Å². The Labute approximate surface area is 172 Å². The molecular weight excluding hydrogens is 400 g/mol. The first-order chi connectivity index (χ1) is 13.9. The van der Waals surface area contributed by atoms with Gasteiger partial charge in [-0.1, -0.05) is 11.6 Å². The maximum absolute atomic E-state index is 13.1. The van der Waals surface area contributed by atoms with Gasteiger partial charge in [-0.25, -0.2) is 13.8 Å².